The van der Waals surface area contributed by atoms with Crippen LogP contribution < -0.4 is 0 Å². The van der Waals surface area contributed by atoms with Gasteiger partial charge in [0.05, 0.1) is 22.1 Å². The second-order valence-electron chi connectivity index (χ2n) is 15.0. The van der Waals surface area contributed by atoms with Crippen molar-refractivity contribution in [1.82, 2.24) is 9.13 Å². The Morgan fingerprint density at radius 3 is 1.60 bits per heavy atom. The lowest BCUT2D eigenvalue weighted by atomic mass is 9.82. The fourth-order valence-electron chi connectivity index (χ4n) is 9.13. The molecule has 0 saturated carbocycles. The third-order valence-electron chi connectivity index (χ3n) is 11.7. The van der Waals surface area contributed by atoms with Crippen molar-refractivity contribution >= 4 is 43.6 Å². The molecular formula is C51H36N2. The second kappa shape index (κ2) is 11.2. The third-order valence-corrected chi connectivity index (χ3v) is 11.7. The molecular weight excluding hydrogens is 641 g/mol. The van der Waals surface area contributed by atoms with Crippen molar-refractivity contribution in [2.75, 3.05) is 0 Å². The molecule has 0 amide bonds. The van der Waals surface area contributed by atoms with Crippen molar-refractivity contribution in [3.63, 3.8) is 0 Å². The van der Waals surface area contributed by atoms with Crippen LogP contribution in [-0.4, -0.2) is 9.13 Å². The first-order valence-corrected chi connectivity index (χ1v) is 18.5. The number of rotatable bonds is 4. The van der Waals surface area contributed by atoms with Gasteiger partial charge in [-0.05, 0) is 105 Å². The van der Waals surface area contributed by atoms with E-state index in [0.29, 0.717) is 0 Å². The van der Waals surface area contributed by atoms with Crippen LogP contribution in [0.25, 0.3) is 88.4 Å². The van der Waals surface area contributed by atoms with Gasteiger partial charge in [-0.2, -0.15) is 0 Å². The largest absolute Gasteiger partial charge is 0.309 e. The molecule has 2 nitrogen and oxygen atoms in total. The van der Waals surface area contributed by atoms with Crippen molar-refractivity contribution in [3.05, 3.63) is 193 Å². The van der Waals surface area contributed by atoms with Gasteiger partial charge in [-0.25, -0.2) is 0 Å². The molecule has 10 aromatic rings. The van der Waals surface area contributed by atoms with Gasteiger partial charge in [0.15, 0.2) is 0 Å². The molecule has 8 aromatic carbocycles. The predicted molar refractivity (Wildman–Crippen MR) is 224 cm³/mol. The molecule has 0 N–H and O–H groups in total. The Morgan fingerprint density at radius 1 is 0.321 bits per heavy atom. The maximum absolute atomic E-state index is 2.46. The maximum Gasteiger partial charge on any atom is 0.0544 e. The van der Waals surface area contributed by atoms with Crippen LogP contribution in [0.5, 0.6) is 0 Å². The first-order chi connectivity index (χ1) is 26.0. The summed E-state index contributed by atoms with van der Waals surface area (Å²) in [6.07, 6.45) is 0. The number of hydrogen-bond donors (Lipinski definition) is 0. The standard InChI is InChI=1S/C51H36N2/c1-51(2)45-20-9-6-17-39(45)42-31-44-41-19-8-11-22-48(41)53(50(44)32-46(42)51)38-16-12-13-35(29-38)33-23-25-34(26-24-33)36-27-28-49-43(30-36)40-18-7-10-21-47(40)52(49)37-14-4-3-5-15-37/h3-32H,1-2H3. The summed E-state index contributed by atoms with van der Waals surface area (Å²) >= 11 is 0. The first-order valence-electron chi connectivity index (χ1n) is 18.5. The zero-order valence-electron chi connectivity index (χ0n) is 29.7. The highest BCUT2D eigenvalue weighted by atomic mass is 15.0. The van der Waals surface area contributed by atoms with E-state index in [1.54, 1.807) is 0 Å². The van der Waals surface area contributed by atoms with Crippen LogP contribution in [0.4, 0.5) is 0 Å². The lowest BCUT2D eigenvalue weighted by Crippen LogP contribution is -2.14. The molecule has 250 valence electrons. The summed E-state index contributed by atoms with van der Waals surface area (Å²) in [5, 5.41) is 5.11. The summed E-state index contributed by atoms with van der Waals surface area (Å²) < 4.78 is 4.83. The van der Waals surface area contributed by atoms with E-state index in [2.05, 4.69) is 205 Å². The van der Waals surface area contributed by atoms with Crippen molar-refractivity contribution < 1.29 is 0 Å². The van der Waals surface area contributed by atoms with Gasteiger partial charge in [-0.3, -0.25) is 0 Å². The Morgan fingerprint density at radius 2 is 0.868 bits per heavy atom. The Labute approximate surface area is 308 Å². The van der Waals surface area contributed by atoms with Crippen molar-refractivity contribution in [3.8, 4) is 44.8 Å². The Balaban J connectivity index is 0.998. The SMILES string of the molecule is CC1(C)c2ccccc2-c2cc3c4ccccc4n(-c4cccc(-c5ccc(-c6ccc7c(c6)c6ccccc6n7-c6ccccc6)cc5)c4)c3cc21. The molecule has 0 aliphatic heterocycles. The zero-order valence-corrected chi connectivity index (χ0v) is 29.7. The zero-order chi connectivity index (χ0) is 35.3. The fourth-order valence-corrected chi connectivity index (χ4v) is 9.13. The molecule has 2 heterocycles. The fraction of sp³-hybridized carbons (Fsp3) is 0.0588. The number of para-hydroxylation sites is 3. The molecule has 0 bridgehead atoms. The number of benzene rings is 8. The third kappa shape index (κ3) is 4.39. The number of hydrogen-bond acceptors (Lipinski definition) is 0. The molecule has 1 aliphatic carbocycles. The van der Waals surface area contributed by atoms with E-state index in [9.17, 15) is 0 Å². The molecule has 2 aromatic heterocycles. The first kappa shape index (κ1) is 30.0. The minimum atomic E-state index is -0.0610. The highest BCUT2D eigenvalue weighted by Crippen LogP contribution is 2.51. The van der Waals surface area contributed by atoms with E-state index in [0.717, 1.165) is 0 Å². The average molecular weight is 677 g/mol. The van der Waals surface area contributed by atoms with Crippen LogP contribution >= 0.6 is 0 Å². The lowest BCUT2D eigenvalue weighted by molar-refractivity contribution is 0.661. The van der Waals surface area contributed by atoms with E-state index >= 15 is 0 Å². The summed E-state index contributed by atoms with van der Waals surface area (Å²) in [6.45, 7) is 4.73. The van der Waals surface area contributed by atoms with Crippen molar-refractivity contribution in [2.24, 2.45) is 0 Å². The Kier molecular flexibility index (Phi) is 6.33. The molecule has 0 saturated heterocycles. The quantitative estimate of drug-likeness (QED) is 0.176. The summed E-state index contributed by atoms with van der Waals surface area (Å²) in [4.78, 5) is 0. The molecule has 0 spiro atoms. The highest BCUT2D eigenvalue weighted by Gasteiger charge is 2.36. The van der Waals surface area contributed by atoms with E-state index in [4.69, 9.17) is 0 Å². The van der Waals surface area contributed by atoms with E-state index in [1.165, 1.54) is 99.5 Å². The highest BCUT2D eigenvalue weighted by molar-refractivity contribution is 6.12. The average Bonchev–Trinajstić information content (AvgIpc) is 3.80. The minimum absolute atomic E-state index is 0.0610. The summed E-state index contributed by atoms with van der Waals surface area (Å²) in [6, 6.07) is 67.0. The summed E-state index contributed by atoms with van der Waals surface area (Å²) in [5.41, 5.74) is 17.6. The van der Waals surface area contributed by atoms with Crippen LogP contribution in [0.15, 0.2) is 182 Å². The molecule has 0 radical (unpaired) electrons. The molecule has 53 heavy (non-hydrogen) atoms. The van der Waals surface area contributed by atoms with Gasteiger partial charge in [-0.15, -0.1) is 0 Å². The van der Waals surface area contributed by atoms with E-state index in [-0.39, 0.29) is 5.41 Å². The van der Waals surface area contributed by atoms with Gasteiger partial charge in [0.2, 0.25) is 0 Å². The molecule has 2 heteroatoms. The molecule has 1 aliphatic rings. The number of fused-ring (bicyclic) bond motifs is 9. The Bertz CT molecular complexity index is 3060. The second-order valence-corrected chi connectivity index (χ2v) is 15.0. The monoisotopic (exact) mass is 676 g/mol. The van der Waals surface area contributed by atoms with Crippen LogP contribution in [0.1, 0.15) is 25.0 Å². The number of nitrogens with zero attached hydrogens (tertiary/aromatic N) is 2. The van der Waals surface area contributed by atoms with Crippen LogP contribution in [0, 0.1) is 0 Å². The topological polar surface area (TPSA) is 9.86 Å². The minimum Gasteiger partial charge on any atom is -0.309 e. The van der Waals surface area contributed by atoms with Crippen LogP contribution in [0.2, 0.25) is 0 Å². The van der Waals surface area contributed by atoms with Gasteiger partial charge in [0.25, 0.3) is 0 Å². The van der Waals surface area contributed by atoms with Gasteiger partial charge in [0, 0.05) is 38.3 Å². The lowest BCUT2D eigenvalue weighted by Gasteiger charge is -2.21. The molecule has 0 atom stereocenters. The molecule has 0 unspecified atom stereocenters. The van der Waals surface area contributed by atoms with Gasteiger partial charge >= 0.3 is 0 Å². The van der Waals surface area contributed by atoms with E-state index in [1.807, 2.05) is 0 Å². The molecule has 11 rings (SSSR count). The smallest absolute Gasteiger partial charge is 0.0544 e. The van der Waals surface area contributed by atoms with Crippen molar-refractivity contribution in [2.45, 2.75) is 19.3 Å². The number of aromatic nitrogens is 2. The maximum atomic E-state index is 2.46. The summed E-state index contributed by atoms with van der Waals surface area (Å²) in [7, 11) is 0. The predicted octanol–water partition coefficient (Wildman–Crippen LogP) is 13.5. The van der Waals surface area contributed by atoms with Gasteiger partial charge in [0.1, 0.15) is 0 Å². The normalized spacial score (nSPS) is 13.2. The van der Waals surface area contributed by atoms with Crippen molar-refractivity contribution in [1.29, 1.82) is 0 Å². The van der Waals surface area contributed by atoms with E-state index < -0.39 is 0 Å². The Hall–Kier alpha value is -6.64. The summed E-state index contributed by atoms with van der Waals surface area (Å²) in [5.74, 6) is 0. The van der Waals surface area contributed by atoms with Crippen LogP contribution in [0.3, 0.4) is 0 Å². The van der Waals surface area contributed by atoms with Gasteiger partial charge in [-0.1, -0.05) is 135 Å². The van der Waals surface area contributed by atoms with Gasteiger partial charge < -0.3 is 9.13 Å². The molecule has 0 fully saturated rings. The van der Waals surface area contributed by atoms with Crippen LogP contribution in [-0.2, 0) is 5.41 Å².